The predicted molar refractivity (Wildman–Crippen MR) is 66.9 cm³/mol. The van der Waals surface area contributed by atoms with E-state index in [1.54, 1.807) is 0 Å². The summed E-state index contributed by atoms with van der Waals surface area (Å²) in [6.07, 6.45) is 3.09. The van der Waals surface area contributed by atoms with Gasteiger partial charge in [0.25, 0.3) is 0 Å². The molecule has 94 valence electrons. The quantitative estimate of drug-likeness (QED) is 0.727. The maximum absolute atomic E-state index is 12.0. The molecule has 3 unspecified atom stereocenters. The molecule has 0 aromatic heterocycles. The Labute approximate surface area is 99.2 Å². The lowest BCUT2D eigenvalue weighted by molar-refractivity contribution is -0.123. The van der Waals surface area contributed by atoms with Crippen molar-refractivity contribution in [3.63, 3.8) is 0 Å². The van der Waals surface area contributed by atoms with Gasteiger partial charge >= 0.3 is 0 Å². The Morgan fingerprint density at radius 2 is 2.19 bits per heavy atom. The highest BCUT2D eigenvalue weighted by Gasteiger charge is 2.52. The summed E-state index contributed by atoms with van der Waals surface area (Å²) >= 11 is 0. The van der Waals surface area contributed by atoms with Crippen LogP contribution in [-0.4, -0.2) is 18.5 Å². The summed E-state index contributed by atoms with van der Waals surface area (Å²) in [5.74, 6) is 1.00. The molecule has 3 heteroatoms. The normalized spacial score (nSPS) is 30.2. The monoisotopic (exact) mass is 226 g/mol. The minimum atomic E-state index is 0.147. The van der Waals surface area contributed by atoms with Crippen molar-refractivity contribution in [2.75, 3.05) is 6.54 Å². The van der Waals surface area contributed by atoms with Crippen LogP contribution in [0.1, 0.15) is 47.0 Å². The lowest BCUT2D eigenvalue weighted by atomic mass is 10.0. The maximum Gasteiger partial charge on any atom is 0.223 e. The van der Waals surface area contributed by atoms with Gasteiger partial charge in [-0.25, -0.2) is 0 Å². The molecule has 1 fully saturated rings. The van der Waals surface area contributed by atoms with Gasteiger partial charge in [0.05, 0.1) is 0 Å². The Bertz CT molecular complexity index is 252. The zero-order chi connectivity index (χ0) is 12.3. The van der Waals surface area contributed by atoms with E-state index < -0.39 is 0 Å². The van der Waals surface area contributed by atoms with Crippen LogP contribution >= 0.6 is 0 Å². The third-order valence-electron chi connectivity index (χ3n) is 3.86. The number of carbonyl (C=O) groups excluding carboxylic acids is 1. The van der Waals surface area contributed by atoms with Crippen LogP contribution in [0.2, 0.25) is 0 Å². The minimum absolute atomic E-state index is 0.147. The van der Waals surface area contributed by atoms with Crippen molar-refractivity contribution >= 4 is 5.91 Å². The molecule has 0 bridgehead atoms. The van der Waals surface area contributed by atoms with Crippen LogP contribution < -0.4 is 11.1 Å². The van der Waals surface area contributed by atoms with Crippen molar-refractivity contribution in [3.05, 3.63) is 0 Å². The molecule has 0 heterocycles. The molecule has 1 saturated carbocycles. The third-order valence-corrected chi connectivity index (χ3v) is 3.86. The van der Waals surface area contributed by atoms with Gasteiger partial charge in [-0.3, -0.25) is 4.79 Å². The van der Waals surface area contributed by atoms with E-state index in [-0.39, 0.29) is 23.3 Å². The standard InChI is InChI=1S/C13H26N2O/c1-5-13(4)7-11(13)12(16)15-10(8-14)6-9(2)3/h9-11H,5-8,14H2,1-4H3,(H,15,16). The summed E-state index contributed by atoms with van der Waals surface area (Å²) in [5, 5.41) is 3.09. The summed E-state index contributed by atoms with van der Waals surface area (Å²) in [5.41, 5.74) is 5.93. The Morgan fingerprint density at radius 3 is 2.56 bits per heavy atom. The fourth-order valence-electron chi connectivity index (χ4n) is 2.29. The molecule has 0 saturated heterocycles. The van der Waals surface area contributed by atoms with E-state index >= 15 is 0 Å². The average molecular weight is 226 g/mol. The molecule has 0 spiro atoms. The average Bonchev–Trinajstić information content (AvgIpc) is 2.90. The molecule has 3 nitrogen and oxygen atoms in total. The van der Waals surface area contributed by atoms with Gasteiger partial charge < -0.3 is 11.1 Å². The minimum Gasteiger partial charge on any atom is -0.352 e. The fourth-order valence-corrected chi connectivity index (χ4v) is 2.29. The van der Waals surface area contributed by atoms with Gasteiger partial charge in [-0.15, -0.1) is 0 Å². The molecule has 0 aromatic carbocycles. The Hall–Kier alpha value is -0.570. The first-order valence-corrected chi connectivity index (χ1v) is 6.43. The second-order valence-electron chi connectivity index (χ2n) is 5.84. The van der Waals surface area contributed by atoms with E-state index in [0.717, 1.165) is 19.3 Å². The van der Waals surface area contributed by atoms with Gasteiger partial charge in [-0.2, -0.15) is 0 Å². The Kier molecular flexibility index (Phi) is 4.36. The molecule has 16 heavy (non-hydrogen) atoms. The molecule has 1 aliphatic rings. The Morgan fingerprint density at radius 1 is 1.56 bits per heavy atom. The van der Waals surface area contributed by atoms with Crippen LogP contribution in [0, 0.1) is 17.3 Å². The van der Waals surface area contributed by atoms with E-state index in [1.807, 2.05) is 0 Å². The summed E-state index contributed by atoms with van der Waals surface area (Å²) in [6.45, 7) is 9.20. The summed E-state index contributed by atoms with van der Waals surface area (Å²) in [7, 11) is 0. The van der Waals surface area contributed by atoms with Crippen molar-refractivity contribution in [1.82, 2.24) is 5.32 Å². The number of nitrogens with two attached hydrogens (primary N) is 1. The highest BCUT2D eigenvalue weighted by atomic mass is 16.2. The van der Waals surface area contributed by atoms with Crippen LogP contribution in [0.25, 0.3) is 0 Å². The Balaban J connectivity index is 2.39. The number of nitrogens with one attached hydrogen (secondary N) is 1. The van der Waals surface area contributed by atoms with Crippen LogP contribution in [0.5, 0.6) is 0 Å². The third kappa shape index (κ3) is 3.21. The topological polar surface area (TPSA) is 55.1 Å². The molecule has 0 aliphatic heterocycles. The van der Waals surface area contributed by atoms with E-state index in [0.29, 0.717) is 12.5 Å². The smallest absolute Gasteiger partial charge is 0.223 e. The highest BCUT2D eigenvalue weighted by molar-refractivity contribution is 5.82. The summed E-state index contributed by atoms with van der Waals surface area (Å²) in [6, 6.07) is 0.147. The molecule has 3 atom stereocenters. The van der Waals surface area contributed by atoms with Crippen molar-refractivity contribution in [2.45, 2.75) is 53.0 Å². The molecule has 0 radical (unpaired) electrons. The second kappa shape index (κ2) is 5.17. The number of amides is 1. The van der Waals surface area contributed by atoms with Gasteiger partial charge in [0.1, 0.15) is 0 Å². The number of hydrogen-bond donors (Lipinski definition) is 2. The van der Waals surface area contributed by atoms with E-state index in [4.69, 9.17) is 5.73 Å². The zero-order valence-corrected chi connectivity index (χ0v) is 11.0. The molecule has 0 aromatic rings. The van der Waals surface area contributed by atoms with Crippen molar-refractivity contribution in [2.24, 2.45) is 23.0 Å². The zero-order valence-electron chi connectivity index (χ0n) is 11.0. The van der Waals surface area contributed by atoms with Gasteiger partial charge in [0.15, 0.2) is 0 Å². The van der Waals surface area contributed by atoms with Crippen LogP contribution in [0.3, 0.4) is 0 Å². The molecule has 1 rings (SSSR count). The lowest BCUT2D eigenvalue weighted by Crippen LogP contribution is -2.42. The van der Waals surface area contributed by atoms with Crippen molar-refractivity contribution in [3.8, 4) is 0 Å². The van der Waals surface area contributed by atoms with E-state index in [1.165, 1.54) is 0 Å². The van der Waals surface area contributed by atoms with Gasteiger partial charge in [0, 0.05) is 18.5 Å². The largest absolute Gasteiger partial charge is 0.352 e. The SMILES string of the molecule is CCC1(C)CC1C(=O)NC(CN)CC(C)C. The highest BCUT2D eigenvalue weighted by Crippen LogP contribution is 2.54. The first-order valence-electron chi connectivity index (χ1n) is 6.43. The predicted octanol–water partition coefficient (Wildman–Crippen LogP) is 1.91. The molecule has 1 aliphatic carbocycles. The number of rotatable bonds is 6. The summed E-state index contributed by atoms with van der Waals surface area (Å²) in [4.78, 5) is 12.0. The second-order valence-corrected chi connectivity index (χ2v) is 5.84. The molecule has 1 amide bonds. The first kappa shape index (κ1) is 13.5. The van der Waals surface area contributed by atoms with E-state index in [2.05, 4.69) is 33.0 Å². The van der Waals surface area contributed by atoms with Crippen LogP contribution in [0.15, 0.2) is 0 Å². The van der Waals surface area contributed by atoms with Crippen molar-refractivity contribution < 1.29 is 4.79 Å². The molecular weight excluding hydrogens is 200 g/mol. The van der Waals surface area contributed by atoms with Gasteiger partial charge in [-0.05, 0) is 30.6 Å². The molecular formula is C13H26N2O. The van der Waals surface area contributed by atoms with Crippen molar-refractivity contribution in [1.29, 1.82) is 0 Å². The van der Waals surface area contributed by atoms with Gasteiger partial charge in [0.2, 0.25) is 5.91 Å². The number of carbonyl (C=O) groups is 1. The van der Waals surface area contributed by atoms with Gasteiger partial charge in [-0.1, -0.05) is 27.7 Å². The van der Waals surface area contributed by atoms with Crippen LogP contribution in [0.4, 0.5) is 0 Å². The fraction of sp³-hybridized carbons (Fsp3) is 0.923. The van der Waals surface area contributed by atoms with E-state index in [9.17, 15) is 4.79 Å². The molecule has 3 N–H and O–H groups in total. The van der Waals surface area contributed by atoms with Crippen LogP contribution in [-0.2, 0) is 4.79 Å². The lowest BCUT2D eigenvalue weighted by Gasteiger charge is -2.19. The first-order chi connectivity index (χ1) is 7.42. The summed E-state index contributed by atoms with van der Waals surface area (Å²) < 4.78 is 0. The maximum atomic E-state index is 12.0. The number of hydrogen-bond acceptors (Lipinski definition) is 2.